The Morgan fingerprint density at radius 3 is 3.00 bits per heavy atom. The Morgan fingerprint density at radius 1 is 1.67 bits per heavy atom. The average Bonchev–Trinajstić information content (AvgIpc) is 2.64. The molecule has 12 heavy (non-hydrogen) atoms. The van der Waals surface area contributed by atoms with Crippen LogP contribution in [0.4, 0.5) is 0 Å². The van der Waals surface area contributed by atoms with Gasteiger partial charge in [0, 0.05) is 24.9 Å². The van der Waals surface area contributed by atoms with Gasteiger partial charge in [-0.15, -0.1) is 0 Å². The van der Waals surface area contributed by atoms with Gasteiger partial charge in [0.25, 0.3) is 0 Å². The third kappa shape index (κ3) is 1.37. The van der Waals surface area contributed by atoms with E-state index in [-0.39, 0.29) is 0 Å². The molecule has 0 aliphatic heterocycles. The van der Waals surface area contributed by atoms with Crippen LogP contribution in [0.1, 0.15) is 25.5 Å². The molecule has 3 nitrogen and oxygen atoms in total. The average molecular weight is 166 g/mol. The van der Waals surface area contributed by atoms with E-state index >= 15 is 0 Å². The number of aliphatic hydroxyl groups is 1. The van der Waals surface area contributed by atoms with Crippen LogP contribution in [0, 0.1) is 0 Å². The molecule has 0 saturated heterocycles. The molecule has 0 unspecified atom stereocenters. The molecular formula is C9H14N2O. The molecular weight excluding hydrogens is 152 g/mol. The highest BCUT2D eigenvalue weighted by Crippen LogP contribution is 2.37. The van der Waals surface area contributed by atoms with Crippen LogP contribution >= 0.6 is 0 Å². The first-order valence-corrected chi connectivity index (χ1v) is 4.46. The summed E-state index contributed by atoms with van der Waals surface area (Å²) in [5.41, 5.74) is 0.755. The molecule has 0 bridgehead atoms. The summed E-state index contributed by atoms with van der Waals surface area (Å²) in [4.78, 5) is 0. The molecule has 0 aromatic carbocycles. The lowest BCUT2D eigenvalue weighted by Crippen LogP contribution is -2.14. The van der Waals surface area contributed by atoms with E-state index in [1.54, 1.807) is 6.20 Å². The van der Waals surface area contributed by atoms with Crippen molar-refractivity contribution < 1.29 is 5.11 Å². The SMILES string of the molecule is CCn1nccc1CC1(O)CC1. The lowest BCUT2D eigenvalue weighted by molar-refractivity contribution is 0.148. The highest BCUT2D eigenvalue weighted by molar-refractivity contribution is 5.09. The minimum Gasteiger partial charge on any atom is -0.389 e. The Kier molecular flexibility index (Phi) is 1.68. The van der Waals surface area contributed by atoms with Gasteiger partial charge in [0.2, 0.25) is 0 Å². The largest absolute Gasteiger partial charge is 0.389 e. The molecule has 0 spiro atoms. The van der Waals surface area contributed by atoms with Crippen LogP contribution in [0.25, 0.3) is 0 Å². The van der Waals surface area contributed by atoms with Crippen molar-refractivity contribution in [3.8, 4) is 0 Å². The Labute approximate surface area is 72.0 Å². The van der Waals surface area contributed by atoms with Gasteiger partial charge in [-0.25, -0.2) is 0 Å². The van der Waals surface area contributed by atoms with E-state index in [0.29, 0.717) is 0 Å². The molecule has 66 valence electrons. The highest BCUT2D eigenvalue weighted by atomic mass is 16.3. The van der Waals surface area contributed by atoms with Crippen molar-refractivity contribution in [3.05, 3.63) is 18.0 Å². The number of aromatic nitrogens is 2. The summed E-state index contributed by atoms with van der Waals surface area (Å²) in [6.07, 6.45) is 4.45. The number of rotatable bonds is 3. The standard InChI is InChI=1S/C9H14N2O/c1-2-11-8(3-6-10-11)7-9(12)4-5-9/h3,6,12H,2,4-5,7H2,1H3. The van der Waals surface area contributed by atoms with Crippen LogP contribution in [0.5, 0.6) is 0 Å². The summed E-state index contributed by atoms with van der Waals surface area (Å²) in [6.45, 7) is 2.95. The van der Waals surface area contributed by atoms with E-state index in [0.717, 1.165) is 31.5 Å². The maximum absolute atomic E-state index is 9.68. The molecule has 1 aromatic rings. The van der Waals surface area contributed by atoms with Crippen LogP contribution in [-0.2, 0) is 13.0 Å². The van der Waals surface area contributed by atoms with E-state index in [4.69, 9.17) is 0 Å². The van der Waals surface area contributed by atoms with Gasteiger partial charge in [-0.05, 0) is 25.8 Å². The second-order valence-electron chi connectivity index (χ2n) is 3.54. The molecule has 1 aliphatic rings. The zero-order valence-electron chi connectivity index (χ0n) is 7.32. The summed E-state index contributed by atoms with van der Waals surface area (Å²) in [5.74, 6) is 0. The van der Waals surface area contributed by atoms with Gasteiger partial charge in [0.15, 0.2) is 0 Å². The molecule has 2 rings (SSSR count). The number of nitrogens with zero attached hydrogens (tertiary/aromatic N) is 2. The number of hydrogen-bond acceptors (Lipinski definition) is 2. The monoisotopic (exact) mass is 166 g/mol. The van der Waals surface area contributed by atoms with Gasteiger partial charge in [-0.1, -0.05) is 0 Å². The zero-order valence-corrected chi connectivity index (χ0v) is 7.32. The highest BCUT2D eigenvalue weighted by Gasteiger charge is 2.40. The quantitative estimate of drug-likeness (QED) is 0.726. The Morgan fingerprint density at radius 2 is 2.42 bits per heavy atom. The van der Waals surface area contributed by atoms with Crippen molar-refractivity contribution in [2.45, 2.75) is 38.3 Å². The fourth-order valence-electron chi connectivity index (χ4n) is 1.45. The predicted octanol–water partition coefficient (Wildman–Crippen LogP) is 0.970. The molecule has 1 aliphatic carbocycles. The summed E-state index contributed by atoms with van der Waals surface area (Å²) >= 11 is 0. The van der Waals surface area contributed by atoms with Crippen LogP contribution in [0.15, 0.2) is 12.3 Å². The van der Waals surface area contributed by atoms with Crippen LogP contribution in [-0.4, -0.2) is 20.5 Å². The van der Waals surface area contributed by atoms with Crippen LogP contribution in [0.2, 0.25) is 0 Å². The van der Waals surface area contributed by atoms with E-state index in [1.807, 2.05) is 10.7 Å². The fraction of sp³-hybridized carbons (Fsp3) is 0.667. The third-order valence-electron chi connectivity index (χ3n) is 2.44. The minimum atomic E-state index is -0.396. The van der Waals surface area contributed by atoms with Gasteiger partial charge in [-0.2, -0.15) is 5.10 Å². The van der Waals surface area contributed by atoms with Gasteiger partial charge in [-0.3, -0.25) is 4.68 Å². The molecule has 1 N–H and O–H groups in total. The first kappa shape index (κ1) is 7.80. The van der Waals surface area contributed by atoms with E-state index in [2.05, 4.69) is 12.0 Å². The number of hydrogen-bond donors (Lipinski definition) is 1. The summed E-state index contributed by atoms with van der Waals surface area (Å²) < 4.78 is 1.94. The maximum Gasteiger partial charge on any atom is 0.0705 e. The summed E-state index contributed by atoms with van der Waals surface area (Å²) in [7, 11) is 0. The predicted molar refractivity (Wildman–Crippen MR) is 45.8 cm³/mol. The molecule has 0 radical (unpaired) electrons. The first-order valence-electron chi connectivity index (χ1n) is 4.46. The number of aryl methyl sites for hydroxylation is 1. The molecule has 0 amide bonds. The van der Waals surface area contributed by atoms with Crippen molar-refractivity contribution in [1.29, 1.82) is 0 Å². The topological polar surface area (TPSA) is 38.0 Å². The normalized spacial score (nSPS) is 19.5. The summed E-state index contributed by atoms with van der Waals surface area (Å²) in [5, 5.41) is 13.8. The van der Waals surface area contributed by atoms with Gasteiger partial charge in [0.1, 0.15) is 0 Å². The van der Waals surface area contributed by atoms with Crippen molar-refractivity contribution in [3.63, 3.8) is 0 Å². The molecule has 1 heterocycles. The fourth-order valence-corrected chi connectivity index (χ4v) is 1.45. The zero-order chi connectivity index (χ0) is 8.60. The maximum atomic E-state index is 9.68. The second-order valence-corrected chi connectivity index (χ2v) is 3.54. The molecule has 3 heteroatoms. The van der Waals surface area contributed by atoms with Gasteiger partial charge >= 0.3 is 0 Å². The van der Waals surface area contributed by atoms with Crippen molar-refractivity contribution in [2.24, 2.45) is 0 Å². The second kappa shape index (κ2) is 2.59. The molecule has 1 saturated carbocycles. The lowest BCUT2D eigenvalue weighted by atomic mass is 10.2. The van der Waals surface area contributed by atoms with Crippen molar-refractivity contribution in [2.75, 3.05) is 0 Å². The van der Waals surface area contributed by atoms with Crippen LogP contribution in [0.3, 0.4) is 0 Å². The van der Waals surface area contributed by atoms with Crippen LogP contribution < -0.4 is 0 Å². The van der Waals surface area contributed by atoms with Gasteiger partial charge in [0.05, 0.1) is 5.60 Å². The molecule has 1 fully saturated rings. The van der Waals surface area contributed by atoms with Crippen molar-refractivity contribution >= 4 is 0 Å². The Hall–Kier alpha value is -0.830. The van der Waals surface area contributed by atoms with Gasteiger partial charge < -0.3 is 5.11 Å². The molecule has 1 aromatic heterocycles. The van der Waals surface area contributed by atoms with E-state index < -0.39 is 5.60 Å². The first-order chi connectivity index (χ1) is 5.73. The third-order valence-corrected chi connectivity index (χ3v) is 2.44. The van der Waals surface area contributed by atoms with E-state index in [1.165, 1.54) is 0 Å². The van der Waals surface area contributed by atoms with Crippen molar-refractivity contribution in [1.82, 2.24) is 9.78 Å². The summed E-state index contributed by atoms with van der Waals surface area (Å²) in [6, 6.07) is 1.99. The Bertz CT molecular complexity index is 276. The lowest BCUT2D eigenvalue weighted by Gasteiger charge is -2.08. The minimum absolute atomic E-state index is 0.396. The molecule has 0 atom stereocenters. The smallest absolute Gasteiger partial charge is 0.0705 e. The van der Waals surface area contributed by atoms with E-state index in [9.17, 15) is 5.11 Å². The Balaban J connectivity index is 2.11.